The molecule has 156 valence electrons. The van der Waals surface area contributed by atoms with Gasteiger partial charge in [-0.15, -0.1) is 0 Å². The summed E-state index contributed by atoms with van der Waals surface area (Å²) in [5, 5.41) is 6.20. The van der Waals surface area contributed by atoms with Crippen LogP contribution in [-0.2, 0) is 6.18 Å². The minimum atomic E-state index is -4.46. The van der Waals surface area contributed by atoms with E-state index in [0.717, 1.165) is 37.3 Å². The first-order valence-electron chi connectivity index (χ1n) is 9.98. The fourth-order valence-corrected chi connectivity index (χ4v) is 3.65. The summed E-state index contributed by atoms with van der Waals surface area (Å²) in [5.74, 6) is 0.704. The van der Waals surface area contributed by atoms with Crippen LogP contribution in [0.1, 0.15) is 37.7 Å². The molecule has 2 N–H and O–H groups in total. The summed E-state index contributed by atoms with van der Waals surface area (Å²) < 4.78 is 40.2. The largest absolute Gasteiger partial charge is 0.418 e. The molecule has 0 amide bonds. The number of rotatable bonds is 5. The van der Waals surface area contributed by atoms with Gasteiger partial charge in [0.05, 0.1) is 16.9 Å². The number of aromatic nitrogens is 3. The highest BCUT2D eigenvalue weighted by Crippen LogP contribution is 2.36. The Labute approximate surface area is 172 Å². The van der Waals surface area contributed by atoms with Crippen molar-refractivity contribution >= 4 is 17.5 Å². The van der Waals surface area contributed by atoms with E-state index < -0.39 is 11.7 Å². The molecule has 8 heteroatoms. The summed E-state index contributed by atoms with van der Waals surface area (Å²) in [4.78, 5) is 13.1. The zero-order valence-electron chi connectivity index (χ0n) is 16.3. The summed E-state index contributed by atoms with van der Waals surface area (Å²) in [5.41, 5.74) is 0.632. The van der Waals surface area contributed by atoms with Crippen molar-refractivity contribution in [2.45, 2.75) is 44.3 Å². The topological polar surface area (TPSA) is 62.7 Å². The van der Waals surface area contributed by atoms with Crippen LogP contribution in [0.15, 0.2) is 54.9 Å². The molecule has 0 radical (unpaired) electrons. The van der Waals surface area contributed by atoms with Crippen LogP contribution < -0.4 is 10.6 Å². The molecular weight excluding hydrogens is 391 g/mol. The van der Waals surface area contributed by atoms with Crippen LogP contribution in [0.4, 0.5) is 30.6 Å². The fourth-order valence-electron chi connectivity index (χ4n) is 3.65. The molecule has 0 aliphatic heterocycles. The van der Waals surface area contributed by atoms with Gasteiger partial charge in [-0.3, -0.25) is 4.98 Å². The van der Waals surface area contributed by atoms with E-state index in [4.69, 9.17) is 0 Å². The van der Waals surface area contributed by atoms with Crippen molar-refractivity contribution < 1.29 is 13.2 Å². The van der Waals surface area contributed by atoms with Crippen molar-refractivity contribution in [1.29, 1.82) is 0 Å². The summed E-state index contributed by atoms with van der Waals surface area (Å²) in [6.45, 7) is 0. The molecule has 0 spiro atoms. The maximum Gasteiger partial charge on any atom is 0.418 e. The van der Waals surface area contributed by atoms with Gasteiger partial charge in [0, 0.05) is 30.1 Å². The normalized spacial score (nSPS) is 15.0. The molecular formula is C22H22F3N5. The minimum absolute atomic E-state index is 0.0482. The number of alkyl halides is 3. The van der Waals surface area contributed by atoms with Gasteiger partial charge in [0.25, 0.3) is 0 Å². The van der Waals surface area contributed by atoms with Gasteiger partial charge >= 0.3 is 6.18 Å². The van der Waals surface area contributed by atoms with Crippen molar-refractivity contribution in [3.63, 3.8) is 0 Å². The van der Waals surface area contributed by atoms with Gasteiger partial charge in [-0.2, -0.15) is 18.2 Å². The molecule has 0 bridgehead atoms. The molecule has 30 heavy (non-hydrogen) atoms. The van der Waals surface area contributed by atoms with E-state index >= 15 is 0 Å². The Kier molecular flexibility index (Phi) is 5.83. The van der Waals surface area contributed by atoms with Gasteiger partial charge < -0.3 is 10.6 Å². The third-order valence-electron chi connectivity index (χ3n) is 5.14. The number of hydrogen-bond donors (Lipinski definition) is 2. The van der Waals surface area contributed by atoms with E-state index in [-0.39, 0.29) is 11.7 Å². The zero-order chi connectivity index (χ0) is 21.0. The lowest BCUT2D eigenvalue weighted by Gasteiger charge is -2.23. The molecule has 2 aromatic heterocycles. The van der Waals surface area contributed by atoms with Gasteiger partial charge in [-0.25, -0.2) is 4.98 Å². The van der Waals surface area contributed by atoms with Crippen LogP contribution in [0.25, 0.3) is 11.3 Å². The van der Waals surface area contributed by atoms with Gasteiger partial charge in [0.15, 0.2) is 0 Å². The summed E-state index contributed by atoms with van der Waals surface area (Å²) >= 11 is 0. The Bertz CT molecular complexity index is 986. The standard InChI is InChI=1S/C22H22F3N5/c23-22(24,25)17-8-4-5-9-18(17)28-20-14-19(15-10-12-26-13-11-15)29-21(30-20)27-16-6-2-1-3-7-16/h4-5,8-14,16H,1-3,6-7H2,(H2,27,28,29,30). The van der Waals surface area contributed by atoms with Crippen molar-refractivity contribution in [2.75, 3.05) is 10.6 Å². The maximum atomic E-state index is 13.4. The van der Waals surface area contributed by atoms with E-state index in [1.807, 2.05) is 0 Å². The van der Waals surface area contributed by atoms with E-state index in [0.29, 0.717) is 17.5 Å². The van der Waals surface area contributed by atoms with E-state index in [1.165, 1.54) is 18.6 Å². The van der Waals surface area contributed by atoms with Crippen molar-refractivity contribution in [3.05, 3.63) is 60.4 Å². The quantitative estimate of drug-likeness (QED) is 0.533. The lowest BCUT2D eigenvalue weighted by atomic mass is 9.96. The maximum absolute atomic E-state index is 13.4. The third-order valence-corrected chi connectivity index (χ3v) is 5.14. The second-order valence-electron chi connectivity index (χ2n) is 7.35. The predicted molar refractivity (Wildman–Crippen MR) is 110 cm³/mol. The number of anilines is 3. The van der Waals surface area contributed by atoms with Gasteiger partial charge in [0.2, 0.25) is 5.95 Å². The van der Waals surface area contributed by atoms with E-state index in [1.54, 1.807) is 36.7 Å². The number of para-hydroxylation sites is 1. The molecule has 1 aliphatic carbocycles. The van der Waals surface area contributed by atoms with E-state index in [9.17, 15) is 13.2 Å². The highest BCUT2D eigenvalue weighted by Gasteiger charge is 2.33. The van der Waals surface area contributed by atoms with Crippen LogP contribution in [0.3, 0.4) is 0 Å². The van der Waals surface area contributed by atoms with Crippen LogP contribution in [-0.4, -0.2) is 21.0 Å². The molecule has 0 unspecified atom stereocenters. The van der Waals surface area contributed by atoms with Crippen LogP contribution in [0.2, 0.25) is 0 Å². The number of benzene rings is 1. The molecule has 2 heterocycles. The molecule has 3 aromatic rings. The van der Waals surface area contributed by atoms with Crippen molar-refractivity contribution in [1.82, 2.24) is 15.0 Å². The predicted octanol–water partition coefficient (Wildman–Crippen LogP) is 6.05. The lowest BCUT2D eigenvalue weighted by Crippen LogP contribution is -2.23. The minimum Gasteiger partial charge on any atom is -0.351 e. The number of pyridine rings is 1. The van der Waals surface area contributed by atoms with Gasteiger partial charge in [-0.05, 0) is 37.1 Å². The Morgan fingerprint density at radius 1 is 0.900 bits per heavy atom. The highest BCUT2D eigenvalue weighted by molar-refractivity contribution is 5.68. The average Bonchev–Trinajstić information content (AvgIpc) is 2.74. The molecule has 0 saturated heterocycles. The second-order valence-corrected chi connectivity index (χ2v) is 7.35. The molecule has 5 nitrogen and oxygen atoms in total. The Balaban J connectivity index is 1.69. The van der Waals surface area contributed by atoms with Gasteiger partial charge in [-0.1, -0.05) is 31.4 Å². The van der Waals surface area contributed by atoms with Crippen molar-refractivity contribution in [3.8, 4) is 11.3 Å². The number of hydrogen-bond acceptors (Lipinski definition) is 5. The third kappa shape index (κ3) is 4.87. The Morgan fingerprint density at radius 3 is 2.37 bits per heavy atom. The first kappa shape index (κ1) is 20.1. The molecule has 0 atom stereocenters. The number of halogens is 3. The smallest absolute Gasteiger partial charge is 0.351 e. The second kappa shape index (κ2) is 8.69. The molecule has 1 aromatic carbocycles. The summed E-state index contributed by atoms with van der Waals surface area (Å²) in [7, 11) is 0. The van der Waals surface area contributed by atoms with Crippen LogP contribution in [0, 0.1) is 0 Å². The number of nitrogens with one attached hydrogen (secondary N) is 2. The number of nitrogens with zero attached hydrogens (tertiary/aromatic N) is 3. The average molecular weight is 413 g/mol. The molecule has 1 aliphatic rings. The monoisotopic (exact) mass is 413 g/mol. The fraction of sp³-hybridized carbons (Fsp3) is 0.318. The molecule has 1 fully saturated rings. The first-order valence-corrected chi connectivity index (χ1v) is 9.98. The van der Waals surface area contributed by atoms with Gasteiger partial charge in [0.1, 0.15) is 5.82 Å². The summed E-state index contributed by atoms with van der Waals surface area (Å²) in [6.07, 6.45) is 4.41. The van der Waals surface area contributed by atoms with Crippen molar-refractivity contribution in [2.24, 2.45) is 0 Å². The van der Waals surface area contributed by atoms with E-state index in [2.05, 4.69) is 25.6 Å². The van der Waals surface area contributed by atoms with Crippen LogP contribution >= 0.6 is 0 Å². The zero-order valence-corrected chi connectivity index (χ0v) is 16.3. The molecule has 1 saturated carbocycles. The summed E-state index contributed by atoms with van der Waals surface area (Å²) in [6, 6.07) is 10.9. The highest BCUT2D eigenvalue weighted by atomic mass is 19.4. The SMILES string of the molecule is FC(F)(F)c1ccccc1Nc1cc(-c2ccncc2)nc(NC2CCCCC2)n1. The van der Waals surface area contributed by atoms with Crippen LogP contribution in [0.5, 0.6) is 0 Å². The first-order chi connectivity index (χ1) is 14.5. The molecule has 4 rings (SSSR count). The Morgan fingerprint density at radius 2 is 1.63 bits per heavy atom. The Hall–Kier alpha value is -3.16. The lowest BCUT2D eigenvalue weighted by molar-refractivity contribution is -0.136.